The predicted molar refractivity (Wildman–Crippen MR) is 105 cm³/mol. The number of aryl methyl sites for hydroxylation is 3. The lowest BCUT2D eigenvalue weighted by Gasteiger charge is -2.14. The molecule has 0 amide bonds. The highest BCUT2D eigenvalue weighted by atomic mass is 35.5. The standard InChI is InChI=1S/C19H20ClN5/c1-11-6-12(2)8-15(7-11)24-18-17(21)19(23-10-22-18)25-16-9-14(20)5-4-13(16)3/h4-10H,21H2,1-3H3,(H2,22,23,24,25). The van der Waals surface area contributed by atoms with E-state index in [1.807, 2.05) is 37.3 Å². The highest BCUT2D eigenvalue weighted by Gasteiger charge is 2.10. The largest absolute Gasteiger partial charge is 0.393 e. The normalized spacial score (nSPS) is 10.6. The van der Waals surface area contributed by atoms with Gasteiger partial charge in [0.05, 0.1) is 0 Å². The Bertz CT molecular complexity index is 903. The minimum atomic E-state index is 0.445. The van der Waals surface area contributed by atoms with Crippen molar-refractivity contribution in [3.8, 4) is 0 Å². The number of anilines is 5. The number of hydrogen-bond acceptors (Lipinski definition) is 5. The number of aromatic nitrogens is 2. The third-order valence-corrected chi connectivity index (χ3v) is 4.06. The number of hydrogen-bond donors (Lipinski definition) is 3. The second-order valence-corrected chi connectivity index (χ2v) is 6.51. The number of benzene rings is 2. The van der Waals surface area contributed by atoms with Crippen molar-refractivity contribution in [3.05, 3.63) is 64.4 Å². The Morgan fingerprint density at radius 3 is 2.20 bits per heavy atom. The number of nitrogen functional groups attached to an aromatic ring is 1. The first-order chi connectivity index (χ1) is 11.9. The monoisotopic (exact) mass is 353 g/mol. The highest BCUT2D eigenvalue weighted by Crippen LogP contribution is 2.30. The molecule has 0 fully saturated rings. The Morgan fingerprint density at radius 2 is 1.52 bits per heavy atom. The van der Waals surface area contributed by atoms with E-state index in [0.29, 0.717) is 22.3 Å². The van der Waals surface area contributed by atoms with Gasteiger partial charge in [0.2, 0.25) is 0 Å². The van der Waals surface area contributed by atoms with Gasteiger partial charge in [0, 0.05) is 16.4 Å². The minimum absolute atomic E-state index is 0.445. The Morgan fingerprint density at radius 1 is 0.880 bits per heavy atom. The van der Waals surface area contributed by atoms with Crippen molar-refractivity contribution in [2.24, 2.45) is 0 Å². The van der Waals surface area contributed by atoms with E-state index < -0.39 is 0 Å². The van der Waals surface area contributed by atoms with Crippen LogP contribution in [0, 0.1) is 20.8 Å². The molecule has 1 heterocycles. The summed E-state index contributed by atoms with van der Waals surface area (Å²) in [6.45, 7) is 6.09. The first-order valence-electron chi connectivity index (χ1n) is 7.91. The highest BCUT2D eigenvalue weighted by molar-refractivity contribution is 6.30. The summed E-state index contributed by atoms with van der Waals surface area (Å²) < 4.78 is 0. The van der Waals surface area contributed by atoms with Crippen molar-refractivity contribution in [3.63, 3.8) is 0 Å². The summed E-state index contributed by atoms with van der Waals surface area (Å²) >= 11 is 6.07. The van der Waals surface area contributed by atoms with Gasteiger partial charge >= 0.3 is 0 Å². The van der Waals surface area contributed by atoms with Gasteiger partial charge in [-0.05, 0) is 61.7 Å². The van der Waals surface area contributed by atoms with Crippen LogP contribution in [0.15, 0.2) is 42.7 Å². The van der Waals surface area contributed by atoms with Crippen LogP contribution < -0.4 is 16.4 Å². The van der Waals surface area contributed by atoms with Crippen LogP contribution in [0.2, 0.25) is 5.02 Å². The van der Waals surface area contributed by atoms with E-state index in [4.69, 9.17) is 17.3 Å². The zero-order chi connectivity index (χ0) is 18.0. The molecule has 0 unspecified atom stereocenters. The van der Waals surface area contributed by atoms with Gasteiger partial charge in [-0.15, -0.1) is 0 Å². The van der Waals surface area contributed by atoms with Gasteiger partial charge in [-0.2, -0.15) is 0 Å². The van der Waals surface area contributed by atoms with Crippen molar-refractivity contribution in [1.82, 2.24) is 9.97 Å². The molecule has 0 radical (unpaired) electrons. The number of rotatable bonds is 4. The molecule has 0 saturated heterocycles. The molecule has 3 rings (SSSR count). The lowest BCUT2D eigenvalue weighted by Crippen LogP contribution is -2.06. The smallest absolute Gasteiger partial charge is 0.159 e. The van der Waals surface area contributed by atoms with Gasteiger partial charge < -0.3 is 16.4 Å². The first kappa shape index (κ1) is 17.0. The van der Waals surface area contributed by atoms with Crippen molar-refractivity contribution in [2.75, 3.05) is 16.4 Å². The summed E-state index contributed by atoms with van der Waals surface area (Å²) in [5, 5.41) is 7.14. The molecule has 0 aliphatic carbocycles. The minimum Gasteiger partial charge on any atom is -0.393 e. The number of halogens is 1. The molecule has 0 bridgehead atoms. The summed E-state index contributed by atoms with van der Waals surface area (Å²) in [7, 11) is 0. The number of nitrogens with two attached hydrogens (primary N) is 1. The lowest BCUT2D eigenvalue weighted by molar-refractivity contribution is 1.17. The van der Waals surface area contributed by atoms with Gasteiger partial charge in [-0.25, -0.2) is 9.97 Å². The van der Waals surface area contributed by atoms with Gasteiger partial charge in [-0.1, -0.05) is 23.7 Å². The third-order valence-electron chi connectivity index (χ3n) is 3.82. The van der Waals surface area contributed by atoms with E-state index in [1.54, 1.807) is 0 Å². The van der Waals surface area contributed by atoms with Crippen molar-refractivity contribution >= 4 is 40.3 Å². The van der Waals surface area contributed by atoms with Gasteiger partial charge in [-0.3, -0.25) is 0 Å². The zero-order valence-corrected chi connectivity index (χ0v) is 15.1. The predicted octanol–water partition coefficient (Wildman–Crippen LogP) is 5.12. The molecule has 0 saturated carbocycles. The summed E-state index contributed by atoms with van der Waals surface area (Å²) in [4.78, 5) is 8.51. The van der Waals surface area contributed by atoms with Crippen LogP contribution in [0.5, 0.6) is 0 Å². The topological polar surface area (TPSA) is 75.9 Å². The third kappa shape index (κ3) is 4.00. The summed E-state index contributed by atoms with van der Waals surface area (Å²) in [5.74, 6) is 1.09. The molecule has 0 spiro atoms. The summed E-state index contributed by atoms with van der Waals surface area (Å²) in [5.41, 5.74) is 11.9. The van der Waals surface area contributed by atoms with Gasteiger partial charge in [0.15, 0.2) is 11.6 Å². The Kier molecular flexibility index (Phi) is 4.76. The number of nitrogens with one attached hydrogen (secondary N) is 2. The van der Waals surface area contributed by atoms with Crippen LogP contribution >= 0.6 is 11.6 Å². The molecule has 4 N–H and O–H groups in total. The molecule has 5 nitrogen and oxygen atoms in total. The lowest BCUT2D eigenvalue weighted by atomic mass is 10.1. The zero-order valence-electron chi connectivity index (χ0n) is 14.4. The number of nitrogens with zero attached hydrogens (tertiary/aromatic N) is 2. The molecule has 128 valence electrons. The SMILES string of the molecule is Cc1cc(C)cc(Nc2ncnc(Nc3cc(Cl)ccc3C)c2N)c1. The molecule has 25 heavy (non-hydrogen) atoms. The molecular weight excluding hydrogens is 334 g/mol. The van der Waals surface area contributed by atoms with Crippen molar-refractivity contribution in [1.29, 1.82) is 0 Å². The van der Waals surface area contributed by atoms with E-state index >= 15 is 0 Å². The maximum atomic E-state index is 6.26. The van der Waals surface area contributed by atoms with Crippen LogP contribution in [-0.4, -0.2) is 9.97 Å². The fraction of sp³-hybridized carbons (Fsp3) is 0.158. The van der Waals surface area contributed by atoms with E-state index in [0.717, 1.165) is 16.9 Å². The molecule has 0 aliphatic heterocycles. The van der Waals surface area contributed by atoms with Crippen LogP contribution in [0.1, 0.15) is 16.7 Å². The molecular formula is C19H20ClN5. The van der Waals surface area contributed by atoms with Crippen LogP contribution in [0.3, 0.4) is 0 Å². The molecule has 1 aromatic heterocycles. The van der Waals surface area contributed by atoms with Crippen LogP contribution in [-0.2, 0) is 0 Å². The molecule has 2 aromatic carbocycles. The molecule has 3 aromatic rings. The van der Waals surface area contributed by atoms with Crippen molar-refractivity contribution in [2.45, 2.75) is 20.8 Å². The second kappa shape index (κ2) is 6.99. The Hall–Kier alpha value is -2.79. The van der Waals surface area contributed by atoms with Gasteiger partial charge in [0.25, 0.3) is 0 Å². The van der Waals surface area contributed by atoms with Crippen molar-refractivity contribution < 1.29 is 0 Å². The Balaban J connectivity index is 1.90. The van der Waals surface area contributed by atoms with Crippen LogP contribution in [0.25, 0.3) is 0 Å². The molecule has 6 heteroatoms. The quantitative estimate of drug-likeness (QED) is 0.606. The fourth-order valence-corrected chi connectivity index (χ4v) is 2.81. The average molecular weight is 354 g/mol. The fourth-order valence-electron chi connectivity index (χ4n) is 2.63. The maximum absolute atomic E-state index is 6.26. The Labute approximate surface area is 152 Å². The average Bonchev–Trinajstić information content (AvgIpc) is 2.54. The molecule has 0 atom stereocenters. The van der Waals surface area contributed by atoms with Gasteiger partial charge in [0.1, 0.15) is 12.0 Å². The summed E-state index contributed by atoms with van der Waals surface area (Å²) in [6.07, 6.45) is 1.48. The molecule has 0 aliphatic rings. The second-order valence-electron chi connectivity index (χ2n) is 6.07. The van der Waals surface area contributed by atoms with Crippen LogP contribution in [0.4, 0.5) is 28.7 Å². The van der Waals surface area contributed by atoms with E-state index in [2.05, 4.69) is 40.5 Å². The maximum Gasteiger partial charge on any atom is 0.159 e. The van der Waals surface area contributed by atoms with E-state index in [-0.39, 0.29) is 0 Å². The first-order valence-corrected chi connectivity index (χ1v) is 8.29. The van der Waals surface area contributed by atoms with E-state index in [1.165, 1.54) is 17.5 Å². The summed E-state index contributed by atoms with van der Waals surface area (Å²) in [6, 6.07) is 11.8. The van der Waals surface area contributed by atoms with E-state index in [9.17, 15) is 0 Å².